The molecule has 30 heavy (non-hydrogen) atoms. The molecule has 0 spiro atoms. The van der Waals surface area contributed by atoms with Gasteiger partial charge in [-0.1, -0.05) is 36.0 Å². The highest BCUT2D eigenvalue weighted by atomic mass is 32.2. The number of fused-ring (bicyclic) bond motifs is 1. The molecule has 0 bridgehead atoms. The third-order valence-corrected chi connectivity index (χ3v) is 5.84. The van der Waals surface area contributed by atoms with Crippen molar-refractivity contribution in [3.63, 3.8) is 0 Å². The van der Waals surface area contributed by atoms with Crippen LogP contribution in [-0.2, 0) is 18.8 Å². The molecule has 0 aliphatic heterocycles. The van der Waals surface area contributed by atoms with Crippen LogP contribution in [-0.4, -0.2) is 19.3 Å². The quantitative estimate of drug-likeness (QED) is 0.336. The highest BCUT2D eigenvalue weighted by Gasteiger charge is 2.18. The summed E-state index contributed by atoms with van der Waals surface area (Å²) in [6, 6.07) is 12.4. The Morgan fingerprint density at radius 3 is 2.50 bits per heavy atom. The Hall–Kier alpha value is -3.00. The number of thioether (sulfide) groups is 1. The first kappa shape index (κ1) is 20.3. The van der Waals surface area contributed by atoms with E-state index in [1.807, 2.05) is 19.9 Å². The second-order valence-electron chi connectivity index (χ2n) is 6.93. The monoisotopic (exact) mass is 426 g/mol. The van der Waals surface area contributed by atoms with Crippen LogP contribution in [0.3, 0.4) is 0 Å². The molecule has 8 heteroatoms. The van der Waals surface area contributed by atoms with E-state index in [0.717, 1.165) is 11.1 Å². The molecule has 0 saturated heterocycles. The minimum Gasteiger partial charge on any atom is -0.281 e. The summed E-state index contributed by atoms with van der Waals surface area (Å²) < 4.78 is 30.1. The molecule has 0 fully saturated rings. The lowest BCUT2D eigenvalue weighted by atomic mass is 10.2. The highest BCUT2D eigenvalue weighted by Crippen LogP contribution is 2.24. The molecular formula is C22H20F2N4OS. The van der Waals surface area contributed by atoms with E-state index in [9.17, 15) is 13.6 Å². The largest absolute Gasteiger partial charge is 0.281 e. The van der Waals surface area contributed by atoms with Gasteiger partial charge in [0.1, 0.15) is 17.2 Å². The molecule has 0 amide bonds. The predicted molar refractivity (Wildman–Crippen MR) is 114 cm³/mol. The Kier molecular flexibility index (Phi) is 5.67. The van der Waals surface area contributed by atoms with Gasteiger partial charge < -0.3 is 0 Å². The summed E-state index contributed by atoms with van der Waals surface area (Å²) in [5.41, 5.74) is 3.08. The summed E-state index contributed by atoms with van der Waals surface area (Å²) in [5, 5.41) is 4.95. The average Bonchev–Trinajstić information content (AvgIpc) is 3.06. The van der Waals surface area contributed by atoms with Crippen molar-refractivity contribution in [2.24, 2.45) is 0 Å². The van der Waals surface area contributed by atoms with Crippen molar-refractivity contribution < 1.29 is 8.78 Å². The summed E-state index contributed by atoms with van der Waals surface area (Å²) >= 11 is 1.36. The van der Waals surface area contributed by atoms with Crippen LogP contribution in [0, 0.1) is 18.6 Å². The lowest BCUT2D eigenvalue weighted by Gasteiger charge is -2.13. The van der Waals surface area contributed by atoms with Crippen molar-refractivity contribution in [3.05, 3.63) is 87.3 Å². The van der Waals surface area contributed by atoms with Crippen LogP contribution in [0.15, 0.2) is 58.5 Å². The van der Waals surface area contributed by atoms with Gasteiger partial charge in [0.2, 0.25) is 0 Å². The molecule has 0 radical (unpaired) electrons. The van der Waals surface area contributed by atoms with Crippen molar-refractivity contribution in [3.8, 4) is 0 Å². The van der Waals surface area contributed by atoms with E-state index in [1.54, 1.807) is 27.4 Å². The Morgan fingerprint density at radius 1 is 1.03 bits per heavy atom. The molecule has 0 N–H and O–H groups in total. The molecule has 5 nitrogen and oxygen atoms in total. The second-order valence-corrected chi connectivity index (χ2v) is 7.87. The summed E-state index contributed by atoms with van der Waals surface area (Å²) in [7, 11) is 0. The molecule has 0 aliphatic rings. The van der Waals surface area contributed by atoms with Gasteiger partial charge in [0.15, 0.2) is 10.7 Å². The number of aryl methyl sites for hydroxylation is 2. The first-order chi connectivity index (χ1) is 14.5. The van der Waals surface area contributed by atoms with Crippen molar-refractivity contribution in [1.82, 2.24) is 19.3 Å². The zero-order valence-corrected chi connectivity index (χ0v) is 17.4. The van der Waals surface area contributed by atoms with Crippen molar-refractivity contribution in [2.45, 2.75) is 37.8 Å². The number of rotatable bonds is 6. The molecule has 154 valence electrons. The predicted octanol–water partition coefficient (Wildman–Crippen LogP) is 4.54. The maximum Gasteiger partial charge on any atom is 0.280 e. The zero-order valence-electron chi connectivity index (χ0n) is 16.6. The highest BCUT2D eigenvalue weighted by molar-refractivity contribution is 7.98. The fourth-order valence-corrected chi connectivity index (χ4v) is 4.25. The van der Waals surface area contributed by atoms with Crippen molar-refractivity contribution >= 4 is 22.8 Å². The van der Waals surface area contributed by atoms with Gasteiger partial charge in [0.25, 0.3) is 5.56 Å². The van der Waals surface area contributed by atoms with Gasteiger partial charge in [-0.05, 0) is 49.2 Å². The number of halogens is 2. The van der Waals surface area contributed by atoms with E-state index in [1.165, 1.54) is 36.0 Å². The number of benzene rings is 2. The Labute approximate surface area is 176 Å². The van der Waals surface area contributed by atoms with E-state index >= 15 is 0 Å². The van der Waals surface area contributed by atoms with Gasteiger partial charge in [0.05, 0.1) is 12.2 Å². The van der Waals surface area contributed by atoms with Crippen LogP contribution < -0.4 is 5.56 Å². The average molecular weight is 426 g/mol. The van der Waals surface area contributed by atoms with E-state index < -0.39 is 0 Å². The molecule has 0 atom stereocenters. The van der Waals surface area contributed by atoms with Crippen LogP contribution in [0.4, 0.5) is 8.78 Å². The van der Waals surface area contributed by atoms with Gasteiger partial charge in [-0.15, -0.1) is 0 Å². The molecule has 2 aromatic heterocycles. The second kappa shape index (κ2) is 8.39. The normalized spacial score (nSPS) is 11.3. The van der Waals surface area contributed by atoms with Crippen LogP contribution in [0.1, 0.15) is 23.7 Å². The number of hydrogen-bond acceptors (Lipinski definition) is 4. The number of hydrogen-bond donors (Lipinski definition) is 0. The Balaban J connectivity index is 1.80. The maximum absolute atomic E-state index is 13.5. The van der Waals surface area contributed by atoms with E-state index in [0.29, 0.717) is 34.2 Å². The van der Waals surface area contributed by atoms with Gasteiger partial charge >= 0.3 is 0 Å². The lowest BCUT2D eigenvalue weighted by Crippen LogP contribution is -2.25. The van der Waals surface area contributed by atoms with Gasteiger partial charge in [0, 0.05) is 12.3 Å². The first-order valence-electron chi connectivity index (χ1n) is 9.56. The molecular weight excluding hydrogens is 406 g/mol. The number of nitrogens with zero attached hydrogens (tertiary/aromatic N) is 4. The third-order valence-electron chi connectivity index (χ3n) is 4.79. The van der Waals surface area contributed by atoms with E-state index in [2.05, 4.69) is 5.10 Å². The molecule has 2 aromatic carbocycles. The molecule has 0 unspecified atom stereocenters. The lowest BCUT2D eigenvalue weighted by molar-refractivity contribution is 0.620. The van der Waals surface area contributed by atoms with Gasteiger partial charge in [-0.25, -0.2) is 13.8 Å². The molecule has 0 saturated carbocycles. The van der Waals surface area contributed by atoms with Crippen LogP contribution >= 0.6 is 11.8 Å². The summed E-state index contributed by atoms with van der Waals surface area (Å²) in [6.07, 6.45) is 0. The summed E-state index contributed by atoms with van der Waals surface area (Å²) in [4.78, 5) is 18.1. The minimum atomic E-state index is -0.333. The minimum absolute atomic E-state index is 0.200. The first-order valence-corrected chi connectivity index (χ1v) is 10.5. The molecule has 2 heterocycles. The van der Waals surface area contributed by atoms with Gasteiger partial charge in [-0.2, -0.15) is 5.10 Å². The third kappa shape index (κ3) is 4.00. The maximum atomic E-state index is 13.5. The smallest absolute Gasteiger partial charge is 0.280 e. The van der Waals surface area contributed by atoms with Crippen LogP contribution in [0.25, 0.3) is 11.0 Å². The zero-order chi connectivity index (χ0) is 21.3. The van der Waals surface area contributed by atoms with Crippen LogP contribution in [0.5, 0.6) is 0 Å². The SMILES string of the molecule is CCn1nc(C)c2nc(SCc3cccc(F)c3)n(Cc3ccc(F)cc3)c(=O)c21. The summed E-state index contributed by atoms with van der Waals surface area (Å²) in [5.74, 6) is -0.180. The van der Waals surface area contributed by atoms with Crippen LogP contribution in [0.2, 0.25) is 0 Å². The van der Waals surface area contributed by atoms with E-state index in [4.69, 9.17) is 4.98 Å². The Bertz CT molecular complexity index is 1260. The fraction of sp³-hybridized carbons (Fsp3) is 0.227. The van der Waals surface area contributed by atoms with E-state index in [-0.39, 0.29) is 23.7 Å². The summed E-state index contributed by atoms with van der Waals surface area (Å²) in [6.45, 7) is 4.55. The molecule has 0 aliphatic carbocycles. The van der Waals surface area contributed by atoms with Crippen molar-refractivity contribution in [2.75, 3.05) is 0 Å². The van der Waals surface area contributed by atoms with Gasteiger partial charge in [-0.3, -0.25) is 14.0 Å². The molecule has 4 aromatic rings. The topological polar surface area (TPSA) is 52.7 Å². The fourth-order valence-electron chi connectivity index (χ4n) is 3.31. The molecule has 4 rings (SSSR count). The van der Waals surface area contributed by atoms with Crippen molar-refractivity contribution in [1.29, 1.82) is 0 Å². The number of aromatic nitrogens is 4. The Morgan fingerprint density at radius 2 is 1.80 bits per heavy atom. The standard InChI is InChI=1S/C22H20F2N4OS/c1-3-28-20-19(14(2)26-28)25-22(30-13-16-5-4-6-18(24)11-16)27(21(20)29)12-15-7-9-17(23)10-8-15/h4-11H,3,12-13H2,1-2H3.